The predicted octanol–water partition coefficient (Wildman–Crippen LogP) is 3.66. The molecule has 2 rings (SSSR count). The average molecular weight is 406 g/mol. The van der Waals surface area contributed by atoms with Crippen LogP contribution in [0.5, 0.6) is 5.75 Å². The molecule has 0 bridgehead atoms. The van der Waals surface area contributed by atoms with Gasteiger partial charge in [0.15, 0.2) is 0 Å². The number of rotatable bonds is 7. The third kappa shape index (κ3) is 5.33. The van der Waals surface area contributed by atoms with Crippen LogP contribution in [0.1, 0.15) is 47.8 Å². The number of carboxylic acids is 1. The summed E-state index contributed by atoms with van der Waals surface area (Å²) >= 11 is 0. The van der Waals surface area contributed by atoms with Crippen LogP contribution in [0.15, 0.2) is 41.3 Å². The zero-order valence-electron chi connectivity index (χ0n) is 16.9. The lowest BCUT2D eigenvalue weighted by Gasteiger charge is -2.19. The second kappa shape index (κ2) is 8.32. The zero-order valence-corrected chi connectivity index (χ0v) is 17.7. The van der Waals surface area contributed by atoms with Gasteiger partial charge in [-0.25, -0.2) is 17.9 Å². The van der Waals surface area contributed by atoms with Crippen molar-refractivity contribution in [3.8, 4) is 5.75 Å². The van der Waals surface area contributed by atoms with Crippen molar-refractivity contribution in [2.24, 2.45) is 0 Å². The fourth-order valence-electron chi connectivity index (χ4n) is 2.68. The highest BCUT2D eigenvalue weighted by molar-refractivity contribution is 7.89. The number of hydrogen-bond donors (Lipinski definition) is 2. The lowest BCUT2D eigenvalue weighted by Crippen LogP contribution is -2.28. The van der Waals surface area contributed by atoms with E-state index in [1.807, 2.05) is 24.3 Å². The van der Waals surface area contributed by atoms with Crippen molar-refractivity contribution in [2.75, 3.05) is 13.2 Å². The number of aromatic carboxylic acids is 1. The Hall–Kier alpha value is -2.38. The van der Waals surface area contributed by atoms with E-state index in [9.17, 15) is 18.3 Å². The standard InChI is InChI=1S/C21H27NO5S/c1-14-12-18(13-19(15(14)2)20(23)24)28(25,26)22-10-11-27-17-8-6-16(7-9-17)21(3,4)5/h6-9,12-13,22H,10-11H2,1-5H3,(H,23,24). The van der Waals surface area contributed by atoms with Crippen molar-refractivity contribution in [3.05, 3.63) is 58.7 Å². The number of carboxylic acid groups (broad SMARTS) is 1. The van der Waals surface area contributed by atoms with Gasteiger partial charge in [0.2, 0.25) is 10.0 Å². The van der Waals surface area contributed by atoms with Gasteiger partial charge in [-0.1, -0.05) is 32.9 Å². The quantitative estimate of drug-likeness (QED) is 0.686. The Bertz CT molecular complexity index is 958. The van der Waals surface area contributed by atoms with Gasteiger partial charge in [0.25, 0.3) is 0 Å². The first-order valence-electron chi connectivity index (χ1n) is 8.99. The summed E-state index contributed by atoms with van der Waals surface area (Å²) in [4.78, 5) is 11.3. The summed E-state index contributed by atoms with van der Waals surface area (Å²) in [5.74, 6) is -0.494. The summed E-state index contributed by atoms with van der Waals surface area (Å²) in [6.45, 7) is 9.94. The SMILES string of the molecule is Cc1cc(S(=O)(=O)NCCOc2ccc(C(C)(C)C)cc2)cc(C(=O)O)c1C. The Kier molecular flexibility index (Phi) is 6.52. The number of aryl methyl sites for hydroxylation is 1. The molecule has 2 N–H and O–H groups in total. The lowest BCUT2D eigenvalue weighted by molar-refractivity contribution is 0.0695. The van der Waals surface area contributed by atoms with Crippen molar-refractivity contribution in [1.29, 1.82) is 0 Å². The Balaban J connectivity index is 2.00. The second-order valence-electron chi connectivity index (χ2n) is 7.74. The lowest BCUT2D eigenvalue weighted by atomic mass is 9.87. The number of hydrogen-bond acceptors (Lipinski definition) is 4. The predicted molar refractivity (Wildman–Crippen MR) is 109 cm³/mol. The number of carbonyl (C=O) groups is 1. The summed E-state index contributed by atoms with van der Waals surface area (Å²) in [5, 5.41) is 9.25. The minimum atomic E-state index is -3.83. The number of ether oxygens (including phenoxy) is 1. The summed E-state index contributed by atoms with van der Waals surface area (Å²) in [6, 6.07) is 10.3. The van der Waals surface area contributed by atoms with E-state index in [0.717, 1.165) is 0 Å². The summed E-state index contributed by atoms with van der Waals surface area (Å²) in [7, 11) is -3.83. The van der Waals surface area contributed by atoms with E-state index >= 15 is 0 Å². The molecule has 0 saturated carbocycles. The number of sulfonamides is 1. The van der Waals surface area contributed by atoms with Crippen LogP contribution < -0.4 is 9.46 Å². The van der Waals surface area contributed by atoms with Gasteiger partial charge in [-0.05, 0) is 60.2 Å². The van der Waals surface area contributed by atoms with E-state index in [0.29, 0.717) is 16.9 Å². The molecule has 7 heteroatoms. The van der Waals surface area contributed by atoms with Crippen molar-refractivity contribution < 1.29 is 23.1 Å². The molecule has 0 spiro atoms. The van der Waals surface area contributed by atoms with Crippen molar-refractivity contribution in [2.45, 2.75) is 44.9 Å². The minimum Gasteiger partial charge on any atom is -0.492 e. The molecule has 28 heavy (non-hydrogen) atoms. The molecule has 0 saturated heterocycles. The van der Waals surface area contributed by atoms with Crippen molar-refractivity contribution >= 4 is 16.0 Å². The third-order valence-electron chi connectivity index (χ3n) is 4.56. The van der Waals surface area contributed by atoms with E-state index in [1.165, 1.54) is 17.7 Å². The molecular formula is C21H27NO5S. The molecular weight excluding hydrogens is 378 g/mol. The molecule has 0 aliphatic rings. The van der Waals surface area contributed by atoms with Gasteiger partial charge in [-0.3, -0.25) is 0 Å². The van der Waals surface area contributed by atoms with Gasteiger partial charge in [-0.2, -0.15) is 0 Å². The molecule has 2 aromatic carbocycles. The summed E-state index contributed by atoms with van der Waals surface area (Å²) < 4.78 is 33.0. The fourth-order valence-corrected chi connectivity index (χ4v) is 3.81. The summed E-state index contributed by atoms with van der Waals surface area (Å²) in [6.07, 6.45) is 0. The molecule has 0 atom stereocenters. The Labute approximate surface area is 166 Å². The first-order chi connectivity index (χ1) is 12.9. The Morgan fingerprint density at radius 1 is 1.11 bits per heavy atom. The van der Waals surface area contributed by atoms with E-state index in [4.69, 9.17) is 4.74 Å². The smallest absolute Gasteiger partial charge is 0.336 e. The van der Waals surface area contributed by atoms with Crippen LogP contribution in [-0.4, -0.2) is 32.6 Å². The van der Waals surface area contributed by atoms with Crippen LogP contribution in [-0.2, 0) is 15.4 Å². The topological polar surface area (TPSA) is 92.7 Å². The van der Waals surface area contributed by atoms with Crippen LogP contribution in [0.3, 0.4) is 0 Å². The van der Waals surface area contributed by atoms with E-state index in [1.54, 1.807) is 13.8 Å². The number of benzene rings is 2. The molecule has 152 valence electrons. The maximum absolute atomic E-state index is 12.5. The molecule has 0 radical (unpaired) electrons. The molecule has 0 aliphatic heterocycles. The first-order valence-corrected chi connectivity index (χ1v) is 10.5. The normalized spacial score (nSPS) is 12.0. The highest BCUT2D eigenvalue weighted by Crippen LogP contribution is 2.24. The molecule has 0 fully saturated rings. The highest BCUT2D eigenvalue weighted by Gasteiger charge is 2.19. The fraction of sp³-hybridized carbons (Fsp3) is 0.381. The third-order valence-corrected chi connectivity index (χ3v) is 6.01. The van der Waals surface area contributed by atoms with Gasteiger partial charge < -0.3 is 9.84 Å². The van der Waals surface area contributed by atoms with Gasteiger partial charge in [0.1, 0.15) is 12.4 Å². The molecule has 6 nitrogen and oxygen atoms in total. The van der Waals surface area contributed by atoms with Gasteiger partial charge in [-0.15, -0.1) is 0 Å². The average Bonchev–Trinajstić information content (AvgIpc) is 2.60. The molecule has 0 heterocycles. The maximum Gasteiger partial charge on any atom is 0.336 e. The Morgan fingerprint density at radius 2 is 1.71 bits per heavy atom. The summed E-state index contributed by atoms with van der Waals surface area (Å²) in [5.41, 5.74) is 2.37. The van der Waals surface area contributed by atoms with Gasteiger partial charge in [0.05, 0.1) is 10.5 Å². The molecule has 0 aromatic heterocycles. The van der Waals surface area contributed by atoms with Crippen LogP contribution >= 0.6 is 0 Å². The van der Waals surface area contributed by atoms with E-state index in [-0.39, 0.29) is 29.0 Å². The Morgan fingerprint density at radius 3 is 2.25 bits per heavy atom. The first kappa shape index (κ1) is 21.9. The van der Waals surface area contributed by atoms with Crippen LogP contribution in [0.4, 0.5) is 0 Å². The molecule has 0 unspecified atom stereocenters. The highest BCUT2D eigenvalue weighted by atomic mass is 32.2. The van der Waals surface area contributed by atoms with E-state index in [2.05, 4.69) is 25.5 Å². The van der Waals surface area contributed by atoms with Crippen LogP contribution in [0, 0.1) is 13.8 Å². The van der Waals surface area contributed by atoms with Crippen LogP contribution in [0.25, 0.3) is 0 Å². The van der Waals surface area contributed by atoms with E-state index < -0.39 is 16.0 Å². The van der Waals surface area contributed by atoms with Gasteiger partial charge in [0, 0.05) is 6.54 Å². The molecule has 2 aromatic rings. The second-order valence-corrected chi connectivity index (χ2v) is 9.51. The van der Waals surface area contributed by atoms with Crippen molar-refractivity contribution in [1.82, 2.24) is 4.72 Å². The van der Waals surface area contributed by atoms with Crippen molar-refractivity contribution in [3.63, 3.8) is 0 Å². The molecule has 0 amide bonds. The minimum absolute atomic E-state index is 0.0180. The zero-order chi connectivity index (χ0) is 21.1. The van der Waals surface area contributed by atoms with Crippen LogP contribution in [0.2, 0.25) is 0 Å². The maximum atomic E-state index is 12.5. The van der Waals surface area contributed by atoms with Gasteiger partial charge >= 0.3 is 5.97 Å². The molecule has 0 aliphatic carbocycles. The monoisotopic (exact) mass is 405 g/mol. The number of nitrogens with one attached hydrogen (secondary N) is 1. The largest absolute Gasteiger partial charge is 0.492 e.